The maximum absolute atomic E-state index is 12.4. The van der Waals surface area contributed by atoms with Crippen LogP contribution in [-0.4, -0.2) is 61.3 Å². The van der Waals surface area contributed by atoms with Gasteiger partial charge in [0.2, 0.25) is 5.88 Å². The number of nitrogens with one attached hydrogen (secondary N) is 1. The van der Waals surface area contributed by atoms with E-state index in [2.05, 4.69) is 22.2 Å². The average molecular weight is 319 g/mol. The van der Waals surface area contributed by atoms with Gasteiger partial charge in [-0.05, 0) is 39.0 Å². The highest BCUT2D eigenvalue weighted by Crippen LogP contribution is 2.17. The molecule has 23 heavy (non-hydrogen) atoms. The maximum Gasteiger partial charge on any atom is 0.251 e. The van der Waals surface area contributed by atoms with Gasteiger partial charge in [-0.2, -0.15) is 0 Å². The highest BCUT2D eigenvalue weighted by Gasteiger charge is 2.20. The first kappa shape index (κ1) is 16.2. The highest BCUT2D eigenvalue weighted by molar-refractivity contribution is 5.94. The van der Waals surface area contributed by atoms with E-state index in [9.17, 15) is 4.79 Å². The first-order chi connectivity index (χ1) is 11.2. The minimum atomic E-state index is -0.0428. The van der Waals surface area contributed by atoms with Crippen molar-refractivity contribution in [3.05, 3.63) is 23.9 Å². The van der Waals surface area contributed by atoms with Gasteiger partial charge in [-0.3, -0.25) is 4.79 Å². The first-order valence-electron chi connectivity index (χ1n) is 8.40. The predicted molar refractivity (Wildman–Crippen MR) is 86.7 cm³/mol. The van der Waals surface area contributed by atoms with Crippen LogP contribution in [0.4, 0.5) is 0 Å². The van der Waals surface area contributed by atoms with Gasteiger partial charge >= 0.3 is 0 Å². The Morgan fingerprint density at radius 3 is 2.78 bits per heavy atom. The van der Waals surface area contributed by atoms with Gasteiger partial charge in [-0.25, -0.2) is 4.98 Å². The standard InChI is InChI=1S/C17H25N3O3/c1-20-8-3-14(4-9-20)19-17(21)13-2-7-18-16(12-13)23-15-5-10-22-11-6-15/h2,7,12,14-15H,3-6,8-11H2,1H3,(H,19,21). The number of piperidine rings is 1. The second-order valence-electron chi connectivity index (χ2n) is 6.36. The number of likely N-dealkylation sites (tertiary alicyclic amines) is 1. The number of hydrogen-bond donors (Lipinski definition) is 1. The Kier molecular flexibility index (Phi) is 5.46. The Morgan fingerprint density at radius 2 is 2.04 bits per heavy atom. The lowest BCUT2D eigenvalue weighted by Crippen LogP contribution is -2.43. The molecule has 0 bridgehead atoms. The minimum absolute atomic E-state index is 0.0428. The molecular formula is C17H25N3O3. The molecule has 2 saturated heterocycles. The third-order valence-electron chi connectivity index (χ3n) is 4.51. The summed E-state index contributed by atoms with van der Waals surface area (Å²) < 4.78 is 11.2. The van der Waals surface area contributed by atoms with Crippen LogP contribution in [0.3, 0.4) is 0 Å². The SMILES string of the molecule is CN1CCC(NC(=O)c2ccnc(OC3CCOCC3)c2)CC1. The number of rotatable bonds is 4. The van der Waals surface area contributed by atoms with Gasteiger partial charge in [0.05, 0.1) is 13.2 Å². The van der Waals surface area contributed by atoms with E-state index in [-0.39, 0.29) is 18.1 Å². The van der Waals surface area contributed by atoms with E-state index in [1.165, 1.54) is 0 Å². The van der Waals surface area contributed by atoms with E-state index in [1.54, 1.807) is 18.3 Å². The van der Waals surface area contributed by atoms with Crippen molar-refractivity contribution < 1.29 is 14.3 Å². The third-order valence-corrected chi connectivity index (χ3v) is 4.51. The van der Waals surface area contributed by atoms with Crippen molar-refractivity contribution >= 4 is 5.91 Å². The fourth-order valence-corrected chi connectivity index (χ4v) is 3.00. The fraction of sp³-hybridized carbons (Fsp3) is 0.647. The summed E-state index contributed by atoms with van der Waals surface area (Å²) in [5.41, 5.74) is 0.612. The second kappa shape index (κ2) is 7.75. The molecule has 3 heterocycles. The first-order valence-corrected chi connectivity index (χ1v) is 8.40. The van der Waals surface area contributed by atoms with E-state index >= 15 is 0 Å². The molecule has 2 fully saturated rings. The normalized spacial score (nSPS) is 21.1. The fourth-order valence-electron chi connectivity index (χ4n) is 3.00. The molecule has 1 aromatic heterocycles. The lowest BCUT2D eigenvalue weighted by Gasteiger charge is -2.29. The Hall–Kier alpha value is -1.66. The van der Waals surface area contributed by atoms with Crippen LogP contribution in [0.25, 0.3) is 0 Å². The number of carbonyl (C=O) groups is 1. The number of amides is 1. The molecule has 1 aromatic rings. The van der Waals surface area contributed by atoms with Gasteiger partial charge in [-0.1, -0.05) is 0 Å². The summed E-state index contributed by atoms with van der Waals surface area (Å²) >= 11 is 0. The molecule has 3 rings (SSSR count). The van der Waals surface area contributed by atoms with Crippen molar-refractivity contribution in [1.82, 2.24) is 15.2 Å². The Bertz CT molecular complexity index is 524. The van der Waals surface area contributed by atoms with Crippen molar-refractivity contribution in [3.8, 4) is 5.88 Å². The molecule has 6 nitrogen and oxygen atoms in total. The van der Waals surface area contributed by atoms with E-state index < -0.39 is 0 Å². The summed E-state index contributed by atoms with van der Waals surface area (Å²) in [5.74, 6) is 0.478. The second-order valence-corrected chi connectivity index (χ2v) is 6.36. The summed E-state index contributed by atoms with van der Waals surface area (Å²) in [4.78, 5) is 18.9. The Labute approximate surface area is 137 Å². The van der Waals surface area contributed by atoms with E-state index in [0.29, 0.717) is 11.4 Å². The predicted octanol–water partition coefficient (Wildman–Crippen LogP) is 1.46. The Balaban J connectivity index is 1.56. The Morgan fingerprint density at radius 1 is 1.30 bits per heavy atom. The molecule has 1 amide bonds. The van der Waals surface area contributed by atoms with Crippen molar-refractivity contribution in [2.24, 2.45) is 0 Å². The molecule has 0 aromatic carbocycles. The van der Waals surface area contributed by atoms with Crippen LogP contribution in [0.5, 0.6) is 5.88 Å². The number of ether oxygens (including phenoxy) is 2. The number of aromatic nitrogens is 1. The number of nitrogens with zero attached hydrogens (tertiary/aromatic N) is 2. The van der Waals surface area contributed by atoms with Crippen LogP contribution in [0.15, 0.2) is 18.3 Å². The van der Waals surface area contributed by atoms with Crippen LogP contribution < -0.4 is 10.1 Å². The van der Waals surface area contributed by atoms with Crippen molar-refractivity contribution in [2.45, 2.75) is 37.8 Å². The summed E-state index contributed by atoms with van der Waals surface area (Å²) in [6.07, 6.45) is 5.50. The zero-order valence-corrected chi connectivity index (χ0v) is 13.7. The lowest BCUT2D eigenvalue weighted by atomic mass is 10.1. The summed E-state index contributed by atoms with van der Waals surface area (Å²) in [5, 5.41) is 3.12. The van der Waals surface area contributed by atoms with Gasteiger partial charge in [0, 0.05) is 36.7 Å². The van der Waals surface area contributed by atoms with Gasteiger partial charge < -0.3 is 19.7 Å². The van der Waals surface area contributed by atoms with Crippen molar-refractivity contribution in [1.29, 1.82) is 0 Å². The van der Waals surface area contributed by atoms with Gasteiger partial charge in [0.15, 0.2) is 0 Å². The molecule has 0 atom stereocenters. The molecule has 0 aliphatic carbocycles. The quantitative estimate of drug-likeness (QED) is 0.910. The van der Waals surface area contributed by atoms with Crippen LogP contribution in [0, 0.1) is 0 Å². The van der Waals surface area contributed by atoms with Crippen LogP contribution >= 0.6 is 0 Å². The maximum atomic E-state index is 12.4. The van der Waals surface area contributed by atoms with Crippen molar-refractivity contribution in [3.63, 3.8) is 0 Å². The molecule has 2 aliphatic heterocycles. The average Bonchev–Trinajstić information content (AvgIpc) is 2.58. The number of hydrogen-bond acceptors (Lipinski definition) is 5. The van der Waals surface area contributed by atoms with Crippen LogP contribution in [0.1, 0.15) is 36.0 Å². The summed E-state index contributed by atoms with van der Waals surface area (Å²) in [6.45, 7) is 3.50. The zero-order valence-electron chi connectivity index (χ0n) is 13.7. The zero-order chi connectivity index (χ0) is 16.1. The summed E-state index contributed by atoms with van der Waals surface area (Å²) in [6, 6.07) is 3.73. The molecule has 0 radical (unpaired) electrons. The molecule has 0 spiro atoms. The molecule has 1 N–H and O–H groups in total. The number of carbonyl (C=O) groups excluding carboxylic acids is 1. The van der Waals surface area contributed by atoms with Gasteiger partial charge in [0.25, 0.3) is 5.91 Å². The molecule has 0 saturated carbocycles. The molecular weight excluding hydrogens is 294 g/mol. The molecule has 0 unspecified atom stereocenters. The lowest BCUT2D eigenvalue weighted by molar-refractivity contribution is 0.0237. The highest BCUT2D eigenvalue weighted by atomic mass is 16.5. The van der Waals surface area contributed by atoms with Crippen LogP contribution in [-0.2, 0) is 4.74 Å². The third kappa shape index (κ3) is 4.65. The number of pyridine rings is 1. The molecule has 6 heteroatoms. The smallest absolute Gasteiger partial charge is 0.251 e. The minimum Gasteiger partial charge on any atom is -0.474 e. The van der Waals surface area contributed by atoms with Crippen LogP contribution in [0.2, 0.25) is 0 Å². The van der Waals surface area contributed by atoms with Gasteiger partial charge in [-0.15, -0.1) is 0 Å². The van der Waals surface area contributed by atoms with E-state index in [0.717, 1.165) is 52.0 Å². The van der Waals surface area contributed by atoms with Crippen molar-refractivity contribution in [2.75, 3.05) is 33.4 Å². The monoisotopic (exact) mass is 319 g/mol. The summed E-state index contributed by atoms with van der Waals surface area (Å²) in [7, 11) is 2.11. The largest absolute Gasteiger partial charge is 0.474 e. The molecule has 2 aliphatic rings. The topological polar surface area (TPSA) is 63.7 Å². The van der Waals surface area contributed by atoms with E-state index in [1.807, 2.05) is 0 Å². The van der Waals surface area contributed by atoms with E-state index in [4.69, 9.17) is 9.47 Å². The molecule has 126 valence electrons. The van der Waals surface area contributed by atoms with Gasteiger partial charge in [0.1, 0.15) is 6.10 Å².